The van der Waals surface area contributed by atoms with Crippen LogP contribution in [0.2, 0.25) is 0 Å². The van der Waals surface area contributed by atoms with Gasteiger partial charge in [0, 0.05) is 17.0 Å². The molecule has 1 aliphatic heterocycles. The summed E-state index contributed by atoms with van der Waals surface area (Å²) in [5, 5.41) is 5.39. The Morgan fingerprint density at radius 1 is 1.18 bits per heavy atom. The highest BCUT2D eigenvalue weighted by molar-refractivity contribution is 7.16. The lowest BCUT2D eigenvalue weighted by Crippen LogP contribution is -2.42. The van der Waals surface area contributed by atoms with Gasteiger partial charge in [-0.05, 0) is 38.1 Å². The van der Waals surface area contributed by atoms with Crippen LogP contribution in [0.4, 0.5) is 5.13 Å². The molecule has 4 rings (SSSR count). The first kappa shape index (κ1) is 18.8. The fraction of sp³-hybridized carbons (Fsp3) is 0.286. The summed E-state index contributed by atoms with van der Waals surface area (Å²) in [7, 11) is 0. The number of amides is 2. The Morgan fingerprint density at radius 2 is 1.96 bits per heavy atom. The van der Waals surface area contributed by atoms with E-state index < -0.39 is 6.04 Å². The molecule has 28 heavy (non-hydrogen) atoms. The van der Waals surface area contributed by atoms with E-state index in [1.54, 1.807) is 11.0 Å². The van der Waals surface area contributed by atoms with Gasteiger partial charge in [0.2, 0.25) is 5.91 Å². The first-order valence-corrected chi connectivity index (χ1v) is 10.9. The SMILES string of the molecule is Cc1ccc(-c2nc(NC(=O)C3CCCN3C(=O)c3cccs3)sc2C)cc1. The molecule has 2 amide bonds. The zero-order chi connectivity index (χ0) is 19.7. The zero-order valence-corrected chi connectivity index (χ0v) is 17.4. The van der Waals surface area contributed by atoms with Crippen molar-refractivity contribution in [2.45, 2.75) is 32.7 Å². The van der Waals surface area contributed by atoms with Gasteiger partial charge < -0.3 is 10.2 Å². The van der Waals surface area contributed by atoms with E-state index in [1.807, 2.05) is 37.4 Å². The van der Waals surface area contributed by atoms with E-state index in [4.69, 9.17) is 0 Å². The van der Waals surface area contributed by atoms with E-state index in [0.29, 0.717) is 23.0 Å². The Balaban J connectivity index is 1.50. The Hall–Kier alpha value is -2.51. The average molecular weight is 412 g/mol. The molecule has 3 aromatic rings. The summed E-state index contributed by atoms with van der Waals surface area (Å²) in [6.45, 7) is 4.67. The number of carbonyl (C=O) groups is 2. The average Bonchev–Trinajstić information content (AvgIpc) is 3.43. The van der Waals surface area contributed by atoms with Crippen LogP contribution in [0, 0.1) is 13.8 Å². The third-order valence-corrected chi connectivity index (χ3v) is 6.64. The number of anilines is 1. The fourth-order valence-corrected chi connectivity index (χ4v) is 4.96. The number of benzene rings is 1. The molecule has 144 valence electrons. The number of aryl methyl sites for hydroxylation is 2. The van der Waals surface area contributed by atoms with Crippen molar-refractivity contribution in [2.75, 3.05) is 11.9 Å². The maximum atomic E-state index is 12.9. The van der Waals surface area contributed by atoms with Crippen LogP contribution in [0.15, 0.2) is 41.8 Å². The predicted octanol–water partition coefficient (Wildman–Crippen LogP) is 4.73. The second-order valence-electron chi connectivity index (χ2n) is 6.91. The highest BCUT2D eigenvalue weighted by atomic mass is 32.1. The third-order valence-electron chi connectivity index (χ3n) is 4.90. The van der Waals surface area contributed by atoms with E-state index >= 15 is 0 Å². The first-order chi connectivity index (χ1) is 13.5. The molecule has 1 fully saturated rings. The molecule has 7 heteroatoms. The van der Waals surface area contributed by atoms with Gasteiger partial charge in [0.1, 0.15) is 6.04 Å². The maximum absolute atomic E-state index is 12.9. The van der Waals surface area contributed by atoms with Crippen LogP contribution in [0.25, 0.3) is 11.3 Å². The molecule has 0 spiro atoms. The van der Waals surface area contributed by atoms with Gasteiger partial charge in [-0.1, -0.05) is 35.9 Å². The summed E-state index contributed by atoms with van der Waals surface area (Å²) in [4.78, 5) is 33.6. The molecule has 2 aromatic heterocycles. The summed E-state index contributed by atoms with van der Waals surface area (Å²) in [6.07, 6.45) is 1.51. The van der Waals surface area contributed by atoms with E-state index in [9.17, 15) is 9.59 Å². The minimum atomic E-state index is -0.443. The largest absolute Gasteiger partial charge is 0.326 e. The Kier molecular flexibility index (Phi) is 5.28. The number of nitrogens with one attached hydrogen (secondary N) is 1. The molecule has 0 radical (unpaired) electrons. The van der Waals surface area contributed by atoms with Crippen LogP contribution in [0.3, 0.4) is 0 Å². The molecular formula is C21H21N3O2S2. The van der Waals surface area contributed by atoms with Crippen molar-refractivity contribution < 1.29 is 9.59 Å². The van der Waals surface area contributed by atoms with Crippen molar-refractivity contribution >= 4 is 39.6 Å². The van der Waals surface area contributed by atoms with Crippen molar-refractivity contribution in [1.82, 2.24) is 9.88 Å². The first-order valence-electron chi connectivity index (χ1n) is 9.23. The van der Waals surface area contributed by atoms with Gasteiger partial charge in [-0.15, -0.1) is 22.7 Å². The molecule has 1 aliphatic rings. The maximum Gasteiger partial charge on any atom is 0.264 e. The van der Waals surface area contributed by atoms with Crippen LogP contribution >= 0.6 is 22.7 Å². The minimum Gasteiger partial charge on any atom is -0.326 e. The van der Waals surface area contributed by atoms with Crippen molar-refractivity contribution in [3.63, 3.8) is 0 Å². The summed E-state index contributed by atoms with van der Waals surface area (Å²) >= 11 is 2.87. The van der Waals surface area contributed by atoms with E-state index in [0.717, 1.165) is 22.6 Å². The minimum absolute atomic E-state index is 0.0664. The number of nitrogens with zero attached hydrogens (tertiary/aromatic N) is 2. The van der Waals surface area contributed by atoms with E-state index in [2.05, 4.69) is 22.4 Å². The number of rotatable bonds is 4. The van der Waals surface area contributed by atoms with Gasteiger partial charge in [-0.3, -0.25) is 9.59 Å². The lowest BCUT2D eigenvalue weighted by molar-refractivity contribution is -0.119. The van der Waals surface area contributed by atoms with Crippen molar-refractivity contribution in [1.29, 1.82) is 0 Å². The Bertz CT molecular complexity index is 993. The smallest absolute Gasteiger partial charge is 0.264 e. The molecule has 1 atom stereocenters. The van der Waals surface area contributed by atoms with Gasteiger partial charge >= 0.3 is 0 Å². The van der Waals surface area contributed by atoms with E-state index in [-0.39, 0.29) is 11.8 Å². The predicted molar refractivity (Wildman–Crippen MR) is 114 cm³/mol. The standard InChI is InChI=1S/C21H21N3O2S2/c1-13-7-9-15(10-8-13)18-14(2)28-21(22-18)23-19(25)16-5-3-11-24(16)20(26)17-6-4-12-27-17/h4,6-10,12,16H,3,5,11H2,1-2H3,(H,22,23,25). The fourth-order valence-electron chi connectivity index (χ4n) is 3.44. The Labute approximate surface area is 172 Å². The molecule has 0 aliphatic carbocycles. The second-order valence-corrected chi connectivity index (χ2v) is 9.06. The zero-order valence-electron chi connectivity index (χ0n) is 15.8. The molecule has 1 aromatic carbocycles. The summed E-state index contributed by atoms with van der Waals surface area (Å²) in [5.41, 5.74) is 3.12. The molecular weight excluding hydrogens is 390 g/mol. The quantitative estimate of drug-likeness (QED) is 0.675. The van der Waals surface area contributed by atoms with E-state index in [1.165, 1.54) is 28.2 Å². The van der Waals surface area contributed by atoms with Gasteiger partial charge in [-0.25, -0.2) is 4.98 Å². The van der Waals surface area contributed by atoms with Crippen molar-refractivity contribution in [2.24, 2.45) is 0 Å². The molecule has 0 bridgehead atoms. The Morgan fingerprint density at radius 3 is 2.68 bits per heavy atom. The van der Waals surface area contributed by atoms with Crippen LogP contribution < -0.4 is 5.32 Å². The topological polar surface area (TPSA) is 62.3 Å². The van der Waals surface area contributed by atoms with Gasteiger partial charge in [-0.2, -0.15) is 0 Å². The van der Waals surface area contributed by atoms with Crippen molar-refractivity contribution in [3.05, 3.63) is 57.1 Å². The lowest BCUT2D eigenvalue weighted by Gasteiger charge is -2.22. The molecule has 5 nitrogen and oxygen atoms in total. The molecule has 0 saturated carbocycles. The normalized spacial score (nSPS) is 16.4. The number of likely N-dealkylation sites (tertiary alicyclic amines) is 1. The lowest BCUT2D eigenvalue weighted by atomic mass is 10.1. The molecule has 3 heterocycles. The number of thiazole rings is 1. The van der Waals surface area contributed by atoms with Crippen LogP contribution in [-0.2, 0) is 4.79 Å². The number of hydrogen-bond acceptors (Lipinski definition) is 5. The highest BCUT2D eigenvalue weighted by Crippen LogP contribution is 2.31. The number of carbonyl (C=O) groups excluding carboxylic acids is 2. The molecule has 1 unspecified atom stereocenters. The van der Waals surface area contributed by atoms with Gasteiger partial charge in [0.05, 0.1) is 10.6 Å². The molecule has 1 saturated heterocycles. The van der Waals surface area contributed by atoms with Crippen molar-refractivity contribution in [3.8, 4) is 11.3 Å². The summed E-state index contributed by atoms with van der Waals surface area (Å²) in [6, 6.07) is 11.4. The second kappa shape index (κ2) is 7.85. The van der Waals surface area contributed by atoms with Crippen LogP contribution in [0.1, 0.15) is 33.0 Å². The van der Waals surface area contributed by atoms with Gasteiger partial charge in [0.15, 0.2) is 5.13 Å². The summed E-state index contributed by atoms with van der Waals surface area (Å²) < 4.78 is 0. The summed E-state index contributed by atoms with van der Waals surface area (Å²) in [5.74, 6) is -0.227. The third kappa shape index (κ3) is 3.72. The number of aromatic nitrogens is 1. The monoisotopic (exact) mass is 411 g/mol. The number of hydrogen-bond donors (Lipinski definition) is 1. The van der Waals surface area contributed by atoms with Gasteiger partial charge in [0.25, 0.3) is 5.91 Å². The van der Waals surface area contributed by atoms with Crippen LogP contribution in [0.5, 0.6) is 0 Å². The number of thiophene rings is 1. The van der Waals surface area contributed by atoms with Crippen LogP contribution in [-0.4, -0.2) is 34.3 Å². The highest BCUT2D eigenvalue weighted by Gasteiger charge is 2.35. The molecule has 1 N–H and O–H groups in total.